The molecule has 0 aliphatic heterocycles. The number of pyridine rings is 3. The number of thiophene rings is 3. The molecule has 12 aromatic heterocycles. The van der Waals surface area contributed by atoms with Crippen LogP contribution in [0.2, 0.25) is 0 Å². The lowest BCUT2D eigenvalue weighted by Crippen LogP contribution is -2.03. The van der Waals surface area contributed by atoms with Crippen molar-refractivity contribution in [3.05, 3.63) is 467 Å². The first kappa shape index (κ1) is 85.0. The van der Waals surface area contributed by atoms with Gasteiger partial charge in [0.25, 0.3) is 0 Å². The zero-order chi connectivity index (χ0) is 96.2. The molecule has 0 radical (unpaired) electrons. The summed E-state index contributed by atoms with van der Waals surface area (Å²) >= 11 is 5.51. The van der Waals surface area contributed by atoms with Crippen LogP contribution >= 0.6 is 34.0 Å². The molecule has 30 rings (SSSR count). The van der Waals surface area contributed by atoms with Crippen LogP contribution in [0.15, 0.2) is 467 Å². The molecule has 18 heteroatoms. The summed E-state index contributed by atoms with van der Waals surface area (Å²) in [6.07, 6.45) is 3.74. The number of benzene rings is 18. The third kappa shape index (κ3) is 14.9. The van der Waals surface area contributed by atoms with Gasteiger partial charge < -0.3 is 0 Å². The third-order valence-electron chi connectivity index (χ3n) is 27.5. The molecular weight excluding hydrogens is 1840 g/mol. The Hall–Kier alpha value is -19.0. The van der Waals surface area contributed by atoms with Crippen LogP contribution < -0.4 is 0 Å². The van der Waals surface area contributed by atoms with Gasteiger partial charge in [-0.1, -0.05) is 376 Å². The molecule has 0 unspecified atom stereocenters. The fourth-order valence-corrected chi connectivity index (χ4v) is 24.3. The minimum Gasteiger partial charge on any atom is -0.292 e. The SMILES string of the molecule is c1ccc(-c2ccc(-c3nc(-c4ccccc4)nc(-c4ccc(-n5c6ccccc6c6ccc7c8ccccc8sc7c65)nc4)n3)cc2)cc1.c1ccc(-c2nc(-c3cccc(-n4c5ccccc5c5ccc6c7ccccc7sc6c54)n3)nc(-c3cccc4ccccc34)n2)cc1.c1ccc(-c2nc(-c3ccnc(-n4c5ccccc5c5ccc6c7ccccc7sc6c54)c3)nc(-c3ccc4ccccc4c3)n2)cc1. The van der Waals surface area contributed by atoms with Crippen LogP contribution in [0.3, 0.4) is 0 Å². The smallest absolute Gasteiger partial charge is 0.182 e. The molecule has 12 heterocycles. The zero-order valence-electron chi connectivity index (χ0n) is 77.9. The summed E-state index contributed by atoms with van der Waals surface area (Å²) in [6, 6.07) is 158. The van der Waals surface area contributed by atoms with Crippen molar-refractivity contribution in [2.24, 2.45) is 0 Å². The molecule has 0 fully saturated rings. The molecule has 0 N–H and O–H groups in total. The highest BCUT2D eigenvalue weighted by Crippen LogP contribution is 2.48. The van der Waals surface area contributed by atoms with E-state index in [1.54, 1.807) is 0 Å². The first-order chi connectivity index (χ1) is 72.4. The number of hydrogen-bond donors (Lipinski definition) is 0. The largest absolute Gasteiger partial charge is 0.292 e. The average molecular weight is 1920 g/mol. The van der Waals surface area contributed by atoms with Crippen molar-refractivity contribution in [3.8, 4) is 131 Å². The van der Waals surface area contributed by atoms with Crippen molar-refractivity contribution in [2.45, 2.75) is 0 Å². The average Bonchev–Trinajstić information content (AvgIpc) is 1.57. The lowest BCUT2D eigenvalue weighted by atomic mass is 10.0. The predicted octanol–water partition coefficient (Wildman–Crippen LogP) is 33.2. The molecule has 30 aromatic rings. The summed E-state index contributed by atoms with van der Waals surface area (Å²) in [4.78, 5) is 60.4. The van der Waals surface area contributed by atoms with E-state index in [-0.39, 0.29) is 0 Å². The van der Waals surface area contributed by atoms with E-state index < -0.39 is 0 Å². The van der Waals surface area contributed by atoms with Crippen molar-refractivity contribution in [2.75, 3.05) is 0 Å². The number of hydrogen-bond acceptors (Lipinski definition) is 15. The van der Waals surface area contributed by atoms with E-state index in [9.17, 15) is 0 Å². The molecule has 0 aliphatic rings. The molecule has 0 amide bonds. The Bertz CT molecular complexity index is 10400. The van der Waals surface area contributed by atoms with Gasteiger partial charge in [0.15, 0.2) is 52.4 Å². The zero-order valence-corrected chi connectivity index (χ0v) is 80.3. The molecule has 682 valence electrons. The van der Waals surface area contributed by atoms with Crippen molar-refractivity contribution in [3.63, 3.8) is 0 Å². The molecule has 0 spiro atoms. The standard InChI is InChI=1S/C44H27N5S.2C42H25N5S/c1-3-11-28(12-4-1)29-19-21-31(22-20-29)43-46-42(30-13-5-2-6-14-30)47-44(48-43)32-23-26-39(45-27-32)49-37-17-9-7-15-33(37)35-24-25-36-34-16-8-10-18-38(34)50-41(36)40(35)49;1-2-13-27(14-3-1)40-44-41(33-19-10-15-26-12-4-5-16-28(26)33)46-42(45-40)34-20-11-23-37(43-34)47-35-21-8-6-17-29(35)31-24-25-32-30-18-7-9-22-36(30)48-39(32)38(31)47;1-2-11-27(12-3-1)40-44-41(29-19-18-26-10-4-5-13-28(26)24-29)46-42(45-40)30-22-23-43-37(25-30)47-35-16-8-6-14-31(35)33-20-21-34-32-15-7-9-17-36(32)48-39(34)38(33)47/h1-27H;2*1-25H. The van der Waals surface area contributed by atoms with Gasteiger partial charge in [0.2, 0.25) is 0 Å². The maximum absolute atomic E-state index is 5.29. The van der Waals surface area contributed by atoms with E-state index in [0.29, 0.717) is 58.1 Å². The number of aromatic nitrogens is 15. The normalized spacial score (nSPS) is 11.7. The molecule has 146 heavy (non-hydrogen) atoms. The van der Waals surface area contributed by atoms with Crippen LogP contribution in [0.1, 0.15) is 0 Å². The van der Waals surface area contributed by atoms with Crippen molar-refractivity contribution in [1.29, 1.82) is 0 Å². The van der Waals surface area contributed by atoms with Crippen LogP contribution in [-0.4, -0.2) is 73.5 Å². The Morgan fingerprint density at radius 1 is 0.171 bits per heavy atom. The summed E-state index contributed by atoms with van der Waals surface area (Å²) < 4.78 is 14.5. The summed E-state index contributed by atoms with van der Waals surface area (Å²) in [5.74, 6) is 7.92. The summed E-state index contributed by atoms with van der Waals surface area (Å²) in [5.41, 5.74) is 17.2. The molecule has 15 nitrogen and oxygen atoms in total. The highest BCUT2D eigenvalue weighted by Gasteiger charge is 2.27. The highest BCUT2D eigenvalue weighted by atomic mass is 32.1. The lowest BCUT2D eigenvalue weighted by molar-refractivity contribution is 1.04. The highest BCUT2D eigenvalue weighted by molar-refractivity contribution is 7.27. The second kappa shape index (κ2) is 35.7. The second-order valence-electron chi connectivity index (χ2n) is 36.1. The van der Waals surface area contributed by atoms with E-state index in [0.717, 1.165) is 111 Å². The second-order valence-corrected chi connectivity index (χ2v) is 39.3. The van der Waals surface area contributed by atoms with Gasteiger partial charge in [-0.15, -0.1) is 34.0 Å². The molecule has 0 saturated carbocycles. The maximum atomic E-state index is 5.29. The first-order valence-corrected chi connectivity index (χ1v) is 50.8. The molecule has 0 atom stereocenters. The number of rotatable bonds is 13. The summed E-state index contributed by atoms with van der Waals surface area (Å²) in [6.45, 7) is 0. The van der Waals surface area contributed by atoms with E-state index in [2.05, 4.69) is 353 Å². The quantitative estimate of drug-likeness (QED) is 0.107. The van der Waals surface area contributed by atoms with Gasteiger partial charge in [-0.25, -0.2) is 59.8 Å². The van der Waals surface area contributed by atoms with Crippen LogP contribution in [0.4, 0.5) is 0 Å². The molecular formula is C128H77N15S3. The van der Waals surface area contributed by atoms with Gasteiger partial charge in [0.05, 0.1) is 47.2 Å². The Morgan fingerprint density at radius 3 is 1.01 bits per heavy atom. The lowest BCUT2D eigenvalue weighted by Gasteiger charge is -2.12. The maximum Gasteiger partial charge on any atom is 0.182 e. The Morgan fingerprint density at radius 2 is 0.514 bits per heavy atom. The number of fused-ring (bicyclic) bond motifs is 23. The van der Waals surface area contributed by atoms with Gasteiger partial charge in [-0.2, -0.15) is 0 Å². The Kier molecular flexibility index (Phi) is 20.8. The monoisotopic (exact) mass is 1920 g/mol. The minimum absolute atomic E-state index is 0.529. The van der Waals surface area contributed by atoms with Crippen molar-refractivity contribution >= 4 is 181 Å². The Balaban J connectivity index is 0.000000106. The predicted molar refractivity (Wildman–Crippen MR) is 604 cm³/mol. The first-order valence-electron chi connectivity index (χ1n) is 48.4. The third-order valence-corrected chi connectivity index (χ3v) is 31.1. The van der Waals surface area contributed by atoms with Crippen LogP contribution in [0, 0.1) is 0 Å². The topological polar surface area (TPSA) is 169 Å². The Labute approximate surface area is 847 Å². The molecule has 0 bridgehead atoms. The molecule has 0 saturated heterocycles. The van der Waals surface area contributed by atoms with E-state index >= 15 is 0 Å². The van der Waals surface area contributed by atoms with Crippen LogP contribution in [0.5, 0.6) is 0 Å². The van der Waals surface area contributed by atoms with Gasteiger partial charge in [0, 0.05) is 136 Å². The van der Waals surface area contributed by atoms with Crippen LogP contribution in [0.25, 0.3) is 279 Å². The number of para-hydroxylation sites is 3. The van der Waals surface area contributed by atoms with E-state index in [1.165, 1.54) is 109 Å². The van der Waals surface area contributed by atoms with E-state index in [4.69, 9.17) is 59.8 Å². The van der Waals surface area contributed by atoms with Gasteiger partial charge >= 0.3 is 0 Å². The van der Waals surface area contributed by atoms with Gasteiger partial charge in [-0.05, 0) is 112 Å². The van der Waals surface area contributed by atoms with Gasteiger partial charge in [0.1, 0.15) is 23.1 Å². The fraction of sp³-hybridized carbons (Fsp3) is 0. The molecule has 18 aromatic carbocycles. The van der Waals surface area contributed by atoms with E-state index in [1.807, 2.05) is 162 Å². The molecule has 0 aliphatic carbocycles. The van der Waals surface area contributed by atoms with Gasteiger partial charge in [-0.3, -0.25) is 13.7 Å². The fourth-order valence-electron chi connectivity index (χ4n) is 20.6. The van der Waals surface area contributed by atoms with Crippen LogP contribution in [-0.2, 0) is 0 Å². The minimum atomic E-state index is 0.529. The summed E-state index contributed by atoms with van der Waals surface area (Å²) in [5, 5.41) is 19.4. The number of nitrogens with zero attached hydrogens (tertiary/aromatic N) is 15. The van der Waals surface area contributed by atoms with Crippen molar-refractivity contribution in [1.82, 2.24) is 73.5 Å². The van der Waals surface area contributed by atoms with Crippen molar-refractivity contribution < 1.29 is 0 Å². The summed E-state index contributed by atoms with van der Waals surface area (Å²) in [7, 11) is 0.